The Labute approximate surface area is 73.0 Å². The SMILES string of the molecule is O=Cc1cc(O)ccc1CBr. The Kier molecular flexibility index (Phi) is 2.65. The van der Waals surface area contributed by atoms with E-state index in [0.29, 0.717) is 10.9 Å². The lowest BCUT2D eigenvalue weighted by Gasteiger charge is -1.99. The summed E-state index contributed by atoms with van der Waals surface area (Å²) in [6.07, 6.45) is 0.732. The molecule has 0 amide bonds. The van der Waals surface area contributed by atoms with Crippen LogP contribution in [0.1, 0.15) is 15.9 Å². The number of phenols is 1. The summed E-state index contributed by atoms with van der Waals surface area (Å²) in [5.41, 5.74) is 1.42. The van der Waals surface area contributed by atoms with Gasteiger partial charge in [-0.05, 0) is 17.7 Å². The van der Waals surface area contributed by atoms with Crippen LogP contribution >= 0.6 is 15.9 Å². The maximum Gasteiger partial charge on any atom is 0.150 e. The van der Waals surface area contributed by atoms with Crippen LogP contribution in [0.3, 0.4) is 0 Å². The van der Waals surface area contributed by atoms with E-state index >= 15 is 0 Å². The van der Waals surface area contributed by atoms with Gasteiger partial charge in [-0.3, -0.25) is 4.79 Å². The molecule has 0 radical (unpaired) electrons. The molecule has 0 heterocycles. The molecule has 0 saturated carbocycles. The molecule has 1 aromatic rings. The highest BCUT2D eigenvalue weighted by Gasteiger charge is 1.99. The Morgan fingerprint density at radius 3 is 2.82 bits per heavy atom. The maximum absolute atomic E-state index is 10.4. The van der Waals surface area contributed by atoms with Gasteiger partial charge in [0.05, 0.1) is 0 Å². The van der Waals surface area contributed by atoms with Crippen molar-refractivity contribution in [1.82, 2.24) is 0 Å². The second kappa shape index (κ2) is 3.53. The zero-order valence-electron chi connectivity index (χ0n) is 5.75. The van der Waals surface area contributed by atoms with Crippen LogP contribution in [-0.2, 0) is 5.33 Å². The van der Waals surface area contributed by atoms with Crippen molar-refractivity contribution in [3.8, 4) is 5.75 Å². The summed E-state index contributed by atoms with van der Waals surface area (Å²) in [6, 6.07) is 4.72. The molecule has 0 aliphatic carbocycles. The average Bonchev–Trinajstić information content (AvgIpc) is 2.04. The topological polar surface area (TPSA) is 37.3 Å². The molecular formula is C8H7BrO2. The van der Waals surface area contributed by atoms with Crippen molar-refractivity contribution >= 4 is 22.2 Å². The zero-order valence-corrected chi connectivity index (χ0v) is 7.34. The van der Waals surface area contributed by atoms with Gasteiger partial charge in [0.25, 0.3) is 0 Å². The Balaban J connectivity index is 3.16. The summed E-state index contributed by atoms with van der Waals surface area (Å²) in [5.74, 6) is 0.122. The van der Waals surface area contributed by atoms with Gasteiger partial charge < -0.3 is 5.11 Å². The van der Waals surface area contributed by atoms with Crippen molar-refractivity contribution in [1.29, 1.82) is 0 Å². The van der Waals surface area contributed by atoms with E-state index in [1.165, 1.54) is 6.07 Å². The van der Waals surface area contributed by atoms with Crippen molar-refractivity contribution in [2.75, 3.05) is 0 Å². The van der Waals surface area contributed by atoms with Crippen LogP contribution in [0, 0.1) is 0 Å². The molecule has 1 N–H and O–H groups in total. The lowest BCUT2D eigenvalue weighted by molar-refractivity contribution is 0.112. The van der Waals surface area contributed by atoms with E-state index in [0.717, 1.165) is 11.8 Å². The molecule has 1 rings (SSSR count). The van der Waals surface area contributed by atoms with Crippen LogP contribution in [0.4, 0.5) is 0 Å². The van der Waals surface area contributed by atoms with Crippen LogP contribution in [0.2, 0.25) is 0 Å². The number of benzene rings is 1. The molecule has 0 fully saturated rings. The standard InChI is InChI=1S/C8H7BrO2/c9-4-6-1-2-8(11)3-7(6)5-10/h1-3,5,11H,4H2. The van der Waals surface area contributed by atoms with Crippen molar-refractivity contribution < 1.29 is 9.90 Å². The Morgan fingerprint density at radius 1 is 1.55 bits per heavy atom. The molecule has 0 saturated heterocycles. The zero-order chi connectivity index (χ0) is 8.27. The minimum Gasteiger partial charge on any atom is -0.508 e. The summed E-state index contributed by atoms with van der Waals surface area (Å²) in [4.78, 5) is 10.4. The fraction of sp³-hybridized carbons (Fsp3) is 0.125. The minimum atomic E-state index is 0.122. The number of aldehydes is 1. The van der Waals surface area contributed by atoms with E-state index in [9.17, 15) is 4.79 Å². The van der Waals surface area contributed by atoms with E-state index in [1.807, 2.05) is 0 Å². The predicted molar refractivity (Wildman–Crippen MR) is 46.1 cm³/mol. The monoisotopic (exact) mass is 214 g/mol. The van der Waals surface area contributed by atoms with E-state index in [2.05, 4.69) is 15.9 Å². The minimum absolute atomic E-state index is 0.122. The van der Waals surface area contributed by atoms with E-state index in [-0.39, 0.29) is 5.75 Å². The second-order valence-corrected chi connectivity index (χ2v) is 2.70. The molecule has 58 valence electrons. The summed E-state index contributed by atoms with van der Waals surface area (Å²) >= 11 is 3.23. The molecule has 3 heteroatoms. The Bertz CT molecular complexity index is 271. The fourth-order valence-corrected chi connectivity index (χ4v) is 1.32. The number of carbonyl (C=O) groups excluding carboxylic acids is 1. The predicted octanol–water partition coefficient (Wildman–Crippen LogP) is 2.10. The van der Waals surface area contributed by atoms with Crippen molar-refractivity contribution in [3.63, 3.8) is 0 Å². The first kappa shape index (κ1) is 8.27. The summed E-state index contributed by atoms with van der Waals surface area (Å²) in [7, 11) is 0. The third kappa shape index (κ3) is 1.80. The average molecular weight is 215 g/mol. The quantitative estimate of drug-likeness (QED) is 0.605. The molecular weight excluding hydrogens is 208 g/mol. The van der Waals surface area contributed by atoms with Gasteiger partial charge in [0.2, 0.25) is 0 Å². The van der Waals surface area contributed by atoms with Crippen LogP contribution in [0.5, 0.6) is 5.75 Å². The van der Waals surface area contributed by atoms with E-state index < -0.39 is 0 Å². The third-order valence-corrected chi connectivity index (χ3v) is 2.00. The normalized spacial score (nSPS) is 9.55. The van der Waals surface area contributed by atoms with Gasteiger partial charge in [0.1, 0.15) is 12.0 Å². The number of hydrogen-bond donors (Lipinski definition) is 1. The first-order valence-electron chi connectivity index (χ1n) is 3.11. The molecule has 0 atom stereocenters. The Morgan fingerprint density at radius 2 is 2.27 bits per heavy atom. The molecule has 2 nitrogen and oxygen atoms in total. The fourth-order valence-electron chi connectivity index (χ4n) is 0.814. The molecule has 0 aliphatic heterocycles. The lowest BCUT2D eigenvalue weighted by atomic mass is 10.1. The number of aromatic hydroxyl groups is 1. The summed E-state index contributed by atoms with van der Waals surface area (Å²) < 4.78 is 0. The van der Waals surface area contributed by atoms with Crippen molar-refractivity contribution in [2.24, 2.45) is 0 Å². The highest BCUT2D eigenvalue weighted by molar-refractivity contribution is 9.08. The molecule has 0 spiro atoms. The van der Waals surface area contributed by atoms with Gasteiger partial charge in [0.15, 0.2) is 0 Å². The third-order valence-electron chi connectivity index (χ3n) is 1.40. The van der Waals surface area contributed by atoms with Gasteiger partial charge in [-0.2, -0.15) is 0 Å². The summed E-state index contributed by atoms with van der Waals surface area (Å²) in [6.45, 7) is 0. The molecule has 0 aromatic heterocycles. The first-order chi connectivity index (χ1) is 5.27. The molecule has 0 bridgehead atoms. The van der Waals surface area contributed by atoms with Crippen molar-refractivity contribution in [3.05, 3.63) is 29.3 Å². The van der Waals surface area contributed by atoms with Crippen LogP contribution in [0.25, 0.3) is 0 Å². The van der Waals surface area contributed by atoms with E-state index in [4.69, 9.17) is 5.11 Å². The Hall–Kier alpha value is -0.830. The highest BCUT2D eigenvalue weighted by atomic mass is 79.9. The van der Waals surface area contributed by atoms with Gasteiger partial charge in [-0.15, -0.1) is 0 Å². The summed E-state index contributed by atoms with van der Waals surface area (Å²) in [5, 5.41) is 9.62. The second-order valence-electron chi connectivity index (χ2n) is 2.13. The molecule has 0 unspecified atom stereocenters. The van der Waals surface area contributed by atoms with Crippen molar-refractivity contribution in [2.45, 2.75) is 5.33 Å². The number of hydrogen-bond acceptors (Lipinski definition) is 2. The van der Waals surface area contributed by atoms with Crippen LogP contribution in [0.15, 0.2) is 18.2 Å². The number of phenolic OH excluding ortho intramolecular Hbond substituents is 1. The largest absolute Gasteiger partial charge is 0.508 e. The van der Waals surface area contributed by atoms with Crippen LogP contribution < -0.4 is 0 Å². The number of rotatable bonds is 2. The number of carbonyl (C=O) groups is 1. The molecule has 0 aliphatic rings. The maximum atomic E-state index is 10.4. The van der Waals surface area contributed by atoms with E-state index in [1.54, 1.807) is 12.1 Å². The number of halogens is 1. The molecule has 11 heavy (non-hydrogen) atoms. The van der Waals surface area contributed by atoms with Gasteiger partial charge in [-0.25, -0.2) is 0 Å². The van der Waals surface area contributed by atoms with Gasteiger partial charge >= 0.3 is 0 Å². The molecule has 1 aromatic carbocycles. The van der Waals surface area contributed by atoms with Gasteiger partial charge in [-0.1, -0.05) is 22.0 Å². The van der Waals surface area contributed by atoms with Gasteiger partial charge in [0, 0.05) is 10.9 Å². The smallest absolute Gasteiger partial charge is 0.150 e. The number of alkyl halides is 1. The highest BCUT2D eigenvalue weighted by Crippen LogP contribution is 2.16. The first-order valence-corrected chi connectivity index (χ1v) is 4.23. The van der Waals surface area contributed by atoms with Crippen LogP contribution in [-0.4, -0.2) is 11.4 Å². The lowest BCUT2D eigenvalue weighted by Crippen LogP contribution is -1.87.